The summed E-state index contributed by atoms with van der Waals surface area (Å²) in [7, 11) is 1.60. The van der Waals surface area contributed by atoms with E-state index in [4.69, 9.17) is 0 Å². The van der Waals surface area contributed by atoms with Crippen LogP contribution in [0.15, 0.2) is 6.07 Å². The molecule has 116 valence electrons. The number of carbonyl (C=O) groups excluding carboxylic acids is 1. The first-order valence-electron chi connectivity index (χ1n) is 7.38. The second-order valence-corrected chi connectivity index (χ2v) is 5.93. The number of likely N-dealkylation sites (N-methyl/N-ethyl adjacent to an activating group) is 1. The monoisotopic (exact) mass is 293 g/mol. The van der Waals surface area contributed by atoms with Crippen LogP contribution in [0.4, 0.5) is 0 Å². The first-order chi connectivity index (χ1) is 9.86. The number of hydrogen-bond acceptors (Lipinski definition) is 3. The zero-order valence-electron chi connectivity index (χ0n) is 12.9. The normalized spacial score (nSPS) is 17.5. The minimum atomic E-state index is -1.05. The third-order valence-electron chi connectivity index (χ3n) is 4.48. The Morgan fingerprint density at radius 2 is 1.95 bits per heavy atom. The van der Waals surface area contributed by atoms with Crippen LogP contribution in [-0.2, 0) is 16.1 Å². The Kier molecular flexibility index (Phi) is 4.34. The molecule has 0 aromatic carbocycles. The Bertz CT molecular complexity index is 544. The van der Waals surface area contributed by atoms with Crippen LogP contribution < -0.4 is 0 Å². The van der Waals surface area contributed by atoms with E-state index in [0.29, 0.717) is 12.8 Å². The molecular formula is C15H23N3O3. The molecule has 2 rings (SSSR count). The molecule has 1 aliphatic rings. The third-order valence-corrected chi connectivity index (χ3v) is 4.48. The average molecular weight is 293 g/mol. The topological polar surface area (TPSA) is 75.4 Å². The maximum atomic E-state index is 12.5. The Balaban J connectivity index is 2.17. The van der Waals surface area contributed by atoms with Crippen molar-refractivity contribution in [1.29, 1.82) is 0 Å². The molecule has 0 spiro atoms. The summed E-state index contributed by atoms with van der Waals surface area (Å²) in [6, 6.07) is 1.90. The Morgan fingerprint density at radius 1 is 1.33 bits per heavy atom. The quantitative estimate of drug-likeness (QED) is 0.917. The summed E-state index contributed by atoms with van der Waals surface area (Å²) in [6.45, 7) is 3.85. The van der Waals surface area contributed by atoms with Crippen molar-refractivity contribution in [3.05, 3.63) is 17.5 Å². The van der Waals surface area contributed by atoms with Crippen molar-refractivity contribution in [2.45, 2.75) is 58.0 Å². The number of aromatic nitrogens is 2. The van der Waals surface area contributed by atoms with Crippen molar-refractivity contribution in [3.63, 3.8) is 0 Å². The number of hydrogen-bond donors (Lipinski definition) is 1. The van der Waals surface area contributed by atoms with E-state index in [2.05, 4.69) is 5.10 Å². The molecule has 0 saturated heterocycles. The van der Waals surface area contributed by atoms with E-state index in [1.165, 1.54) is 4.90 Å². The van der Waals surface area contributed by atoms with Gasteiger partial charge in [0.15, 0.2) is 0 Å². The van der Waals surface area contributed by atoms with E-state index in [0.717, 1.165) is 30.7 Å². The van der Waals surface area contributed by atoms with Gasteiger partial charge in [0.1, 0.15) is 12.1 Å². The largest absolute Gasteiger partial charge is 0.479 e. The molecule has 0 aliphatic heterocycles. The van der Waals surface area contributed by atoms with Crippen molar-refractivity contribution in [3.8, 4) is 0 Å². The number of aliphatic carboxylic acids is 1. The van der Waals surface area contributed by atoms with Gasteiger partial charge in [-0.2, -0.15) is 5.10 Å². The van der Waals surface area contributed by atoms with Gasteiger partial charge >= 0.3 is 5.97 Å². The minimum Gasteiger partial charge on any atom is -0.479 e. The molecule has 1 aromatic rings. The molecule has 1 fully saturated rings. The fourth-order valence-electron chi connectivity index (χ4n) is 3.14. The summed E-state index contributed by atoms with van der Waals surface area (Å²) in [4.78, 5) is 25.6. The molecule has 0 unspecified atom stereocenters. The fourth-order valence-corrected chi connectivity index (χ4v) is 3.14. The summed E-state index contributed by atoms with van der Waals surface area (Å²) >= 11 is 0. The molecule has 1 aliphatic carbocycles. The van der Waals surface area contributed by atoms with Gasteiger partial charge in [0, 0.05) is 12.7 Å². The maximum absolute atomic E-state index is 12.5. The highest BCUT2D eigenvalue weighted by Crippen LogP contribution is 2.33. The molecule has 6 heteroatoms. The molecule has 6 nitrogen and oxygen atoms in total. The number of amides is 1. The fraction of sp³-hybridized carbons (Fsp3) is 0.667. The summed E-state index contributed by atoms with van der Waals surface area (Å²) < 4.78 is 1.63. The lowest BCUT2D eigenvalue weighted by molar-refractivity contribution is -0.160. The van der Waals surface area contributed by atoms with E-state index in [1.54, 1.807) is 11.7 Å². The molecule has 1 saturated carbocycles. The van der Waals surface area contributed by atoms with Gasteiger partial charge in [-0.25, -0.2) is 4.79 Å². The number of aryl methyl sites for hydroxylation is 2. The zero-order valence-corrected chi connectivity index (χ0v) is 12.9. The Labute approximate surface area is 124 Å². The van der Waals surface area contributed by atoms with Crippen molar-refractivity contribution in [1.82, 2.24) is 14.7 Å². The lowest BCUT2D eigenvalue weighted by Gasteiger charge is -2.41. The van der Waals surface area contributed by atoms with Crippen LogP contribution in [0, 0.1) is 13.8 Å². The summed E-state index contributed by atoms with van der Waals surface area (Å²) in [5.41, 5.74) is 0.710. The van der Waals surface area contributed by atoms with Crippen LogP contribution in [0.5, 0.6) is 0 Å². The highest BCUT2D eigenvalue weighted by Gasteiger charge is 2.45. The molecule has 0 bridgehead atoms. The van der Waals surface area contributed by atoms with Gasteiger partial charge < -0.3 is 10.0 Å². The zero-order chi connectivity index (χ0) is 15.6. The predicted molar refractivity (Wildman–Crippen MR) is 77.9 cm³/mol. The molecule has 1 heterocycles. The van der Waals surface area contributed by atoms with Crippen molar-refractivity contribution in [2.75, 3.05) is 7.05 Å². The second kappa shape index (κ2) is 5.87. The van der Waals surface area contributed by atoms with Crippen molar-refractivity contribution < 1.29 is 14.7 Å². The first kappa shape index (κ1) is 15.5. The molecule has 1 amide bonds. The van der Waals surface area contributed by atoms with Gasteiger partial charge in [-0.3, -0.25) is 9.48 Å². The summed E-state index contributed by atoms with van der Waals surface area (Å²) in [5.74, 6) is -1.10. The number of rotatable bonds is 4. The molecule has 21 heavy (non-hydrogen) atoms. The number of nitrogens with zero attached hydrogens (tertiary/aromatic N) is 3. The van der Waals surface area contributed by atoms with Gasteiger partial charge in [0.25, 0.3) is 0 Å². The van der Waals surface area contributed by atoms with Crippen LogP contribution in [0.1, 0.15) is 43.5 Å². The van der Waals surface area contributed by atoms with Gasteiger partial charge in [-0.05, 0) is 32.8 Å². The standard InChI is InChI=1S/C15H23N3O3/c1-11-9-12(2)18(16-11)10-13(19)17(3)15(14(20)21)7-5-4-6-8-15/h9H,4-8,10H2,1-3H3,(H,20,21). The highest BCUT2D eigenvalue weighted by atomic mass is 16.4. The van der Waals surface area contributed by atoms with Gasteiger partial charge in [0.2, 0.25) is 5.91 Å². The lowest BCUT2D eigenvalue weighted by Crippen LogP contribution is -2.57. The number of carboxylic acids is 1. The van der Waals surface area contributed by atoms with Crippen molar-refractivity contribution in [2.24, 2.45) is 0 Å². The van der Waals surface area contributed by atoms with Crippen LogP contribution in [-0.4, -0.2) is 44.3 Å². The third kappa shape index (κ3) is 2.94. The first-order valence-corrected chi connectivity index (χ1v) is 7.38. The Hall–Kier alpha value is -1.85. The minimum absolute atomic E-state index is 0.0885. The van der Waals surface area contributed by atoms with Crippen LogP contribution >= 0.6 is 0 Å². The SMILES string of the molecule is Cc1cc(C)n(CC(=O)N(C)C2(C(=O)O)CCCCC2)n1. The molecule has 0 atom stereocenters. The van der Waals surface area contributed by atoms with Crippen LogP contribution in [0.3, 0.4) is 0 Å². The van der Waals surface area contributed by atoms with E-state index in [1.807, 2.05) is 19.9 Å². The van der Waals surface area contributed by atoms with Gasteiger partial charge in [-0.15, -0.1) is 0 Å². The predicted octanol–water partition coefficient (Wildman–Crippen LogP) is 1.75. The van der Waals surface area contributed by atoms with E-state index in [-0.39, 0.29) is 12.5 Å². The van der Waals surface area contributed by atoms with Gasteiger partial charge in [-0.1, -0.05) is 19.3 Å². The van der Waals surface area contributed by atoms with E-state index in [9.17, 15) is 14.7 Å². The van der Waals surface area contributed by atoms with E-state index >= 15 is 0 Å². The Morgan fingerprint density at radius 3 is 2.43 bits per heavy atom. The molecule has 1 aromatic heterocycles. The van der Waals surface area contributed by atoms with Crippen LogP contribution in [0.2, 0.25) is 0 Å². The van der Waals surface area contributed by atoms with E-state index < -0.39 is 11.5 Å². The molecular weight excluding hydrogens is 270 g/mol. The average Bonchev–Trinajstić information content (AvgIpc) is 2.76. The summed E-state index contributed by atoms with van der Waals surface area (Å²) in [5, 5.41) is 13.9. The number of carboxylic acid groups (broad SMARTS) is 1. The lowest BCUT2D eigenvalue weighted by atomic mass is 9.80. The smallest absolute Gasteiger partial charge is 0.329 e. The van der Waals surface area contributed by atoms with Gasteiger partial charge in [0.05, 0.1) is 5.69 Å². The molecule has 0 radical (unpaired) electrons. The second-order valence-electron chi connectivity index (χ2n) is 5.93. The van der Waals surface area contributed by atoms with Crippen LogP contribution in [0.25, 0.3) is 0 Å². The maximum Gasteiger partial charge on any atom is 0.329 e. The van der Waals surface area contributed by atoms with Crippen molar-refractivity contribution >= 4 is 11.9 Å². The summed E-state index contributed by atoms with van der Waals surface area (Å²) in [6.07, 6.45) is 3.80. The highest BCUT2D eigenvalue weighted by molar-refractivity contribution is 5.87. The molecule has 1 N–H and O–H groups in total. The number of carbonyl (C=O) groups is 2.